The lowest BCUT2D eigenvalue weighted by Gasteiger charge is -2.20. The smallest absolute Gasteiger partial charge is 0.337 e. The summed E-state index contributed by atoms with van der Waals surface area (Å²) in [5, 5.41) is 10.6. The third-order valence-corrected chi connectivity index (χ3v) is 7.42. The molecule has 0 bridgehead atoms. The number of halogens is 3. The number of pyridine rings is 1. The summed E-state index contributed by atoms with van der Waals surface area (Å²) in [4.78, 5) is 16.2. The van der Waals surface area contributed by atoms with Gasteiger partial charge < -0.3 is 9.83 Å². The van der Waals surface area contributed by atoms with Gasteiger partial charge in [0.05, 0.1) is 31.7 Å². The van der Waals surface area contributed by atoms with E-state index in [0.717, 1.165) is 0 Å². The van der Waals surface area contributed by atoms with E-state index in [1.54, 1.807) is 42.5 Å². The minimum absolute atomic E-state index is 0.0370. The third kappa shape index (κ3) is 4.89. The molecule has 35 heavy (non-hydrogen) atoms. The number of carboxylic acid groups (broad SMARTS) is 1. The van der Waals surface area contributed by atoms with Gasteiger partial charge in [-0.25, -0.2) is 13.4 Å². The summed E-state index contributed by atoms with van der Waals surface area (Å²) in [7, 11) is -1.83. The molecule has 4 rings (SSSR count). The summed E-state index contributed by atoms with van der Waals surface area (Å²) in [5.74, 6) is -1.56. The predicted octanol–water partition coefficient (Wildman–Crippen LogP) is 7.48. The van der Waals surface area contributed by atoms with Gasteiger partial charge in [-0.2, -0.15) is 0 Å². The number of benzene rings is 3. The van der Waals surface area contributed by atoms with Crippen LogP contribution in [0.25, 0.3) is 22.0 Å². The van der Waals surface area contributed by atoms with E-state index in [1.165, 1.54) is 18.3 Å². The quantitative estimate of drug-likeness (QED) is 0.280. The molecule has 1 heterocycles. The molecule has 1 atom stereocenters. The Morgan fingerprint density at radius 3 is 2.49 bits per heavy atom. The van der Waals surface area contributed by atoms with Crippen molar-refractivity contribution < 1.29 is 18.5 Å². The third-order valence-electron chi connectivity index (χ3n) is 5.53. The van der Waals surface area contributed by atoms with E-state index in [9.17, 15) is 18.5 Å². The fraction of sp³-hybridized carbons (Fsp3) is 0.154. The summed E-state index contributed by atoms with van der Waals surface area (Å²) in [6, 6.07) is 14.1. The van der Waals surface area contributed by atoms with Gasteiger partial charge in [0, 0.05) is 17.1 Å². The Hall–Kier alpha value is -3.00. The molecule has 1 unspecified atom stereocenters. The Kier molecular flexibility index (Phi) is 6.86. The van der Waals surface area contributed by atoms with Crippen LogP contribution in [0.5, 0.6) is 0 Å². The van der Waals surface area contributed by atoms with Crippen molar-refractivity contribution in [1.29, 1.82) is 0 Å². The lowest BCUT2D eigenvalue weighted by Crippen LogP contribution is -2.14. The first-order chi connectivity index (χ1) is 16.5. The van der Waals surface area contributed by atoms with Gasteiger partial charge >= 0.3 is 5.97 Å². The Bertz CT molecular complexity index is 1500. The van der Waals surface area contributed by atoms with Crippen LogP contribution in [0.3, 0.4) is 0 Å². The number of aromatic carboxylic acids is 1. The number of hydrogen-bond acceptors (Lipinski definition) is 3. The van der Waals surface area contributed by atoms with E-state index in [1.807, 2.05) is 20.8 Å². The lowest BCUT2D eigenvalue weighted by molar-refractivity contribution is 0.0699. The van der Waals surface area contributed by atoms with Gasteiger partial charge in [0.1, 0.15) is 16.8 Å². The maximum atomic E-state index is 14.7. The molecule has 0 aliphatic heterocycles. The van der Waals surface area contributed by atoms with Crippen LogP contribution in [-0.4, -0.2) is 20.3 Å². The van der Waals surface area contributed by atoms with Crippen LogP contribution in [0.1, 0.15) is 36.7 Å². The van der Waals surface area contributed by atoms with Crippen molar-refractivity contribution in [3.8, 4) is 11.1 Å². The molecule has 0 aliphatic carbocycles. The minimum Gasteiger partial charge on any atom is -0.478 e. The van der Waals surface area contributed by atoms with Crippen LogP contribution in [0.2, 0.25) is 10.0 Å². The maximum absolute atomic E-state index is 14.7. The number of nitrogens with one attached hydrogen (secondary N) is 1. The average Bonchev–Trinajstić information content (AvgIpc) is 2.80. The summed E-state index contributed by atoms with van der Waals surface area (Å²) in [5.41, 5.74) is 1.80. The zero-order valence-electron chi connectivity index (χ0n) is 19.0. The second kappa shape index (κ2) is 9.57. The Labute approximate surface area is 214 Å². The zero-order valence-corrected chi connectivity index (χ0v) is 21.4. The Morgan fingerprint density at radius 1 is 1.09 bits per heavy atom. The van der Waals surface area contributed by atoms with Crippen molar-refractivity contribution in [1.82, 2.24) is 4.98 Å². The number of carbonyl (C=O) groups is 1. The van der Waals surface area contributed by atoms with Gasteiger partial charge in [0.25, 0.3) is 0 Å². The number of rotatable bonds is 5. The average molecular weight is 531 g/mol. The van der Waals surface area contributed by atoms with Crippen molar-refractivity contribution in [2.24, 2.45) is 0 Å². The molecule has 180 valence electrons. The first-order valence-corrected chi connectivity index (χ1v) is 12.5. The number of hydrogen-bond donors (Lipinski definition) is 2. The number of nitrogens with zero attached hydrogens (tertiary/aromatic N) is 1. The second-order valence-electron chi connectivity index (χ2n) is 8.91. The summed E-state index contributed by atoms with van der Waals surface area (Å²) in [6.07, 6.45) is 1.50. The molecular formula is C26H21Cl2FN2O3S. The topological polar surface area (TPSA) is 79.3 Å². The highest BCUT2D eigenvalue weighted by atomic mass is 35.5. The molecule has 0 amide bonds. The van der Waals surface area contributed by atoms with Gasteiger partial charge in [0.2, 0.25) is 0 Å². The van der Waals surface area contributed by atoms with E-state index in [0.29, 0.717) is 27.8 Å². The van der Waals surface area contributed by atoms with Gasteiger partial charge in [-0.1, -0.05) is 62.2 Å². The fourth-order valence-electron chi connectivity index (χ4n) is 3.84. The first-order valence-electron chi connectivity index (χ1n) is 10.6. The molecule has 0 spiro atoms. The number of aromatic nitrogens is 1. The maximum Gasteiger partial charge on any atom is 0.337 e. The van der Waals surface area contributed by atoms with E-state index >= 15 is 0 Å². The normalized spacial score (nSPS) is 12.5. The van der Waals surface area contributed by atoms with E-state index < -0.39 is 28.2 Å². The molecule has 5 nitrogen and oxygen atoms in total. The van der Waals surface area contributed by atoms with Crippen molar-refractivity contribution >= 4 is 56.7 Å². The van der Waals surface area contributed by atoms with Crippen LogP contribution in [0, 0.1) is 5.82 Å². The Balaban J connectivity index is 1.83. The standard InChI is InChI=1S/C26H21Cl2FN2O3S/c1-26(2,3)18-9-6-14(13-20(18)29)35(34)31-21-11-10-19(27)23(28)22(21)15-7-8-17(25(32)33)24-16(15)5-4-12-30-24/h4-13,31H,1-3H3,(H,32,33). The van der Waals surface area contributed by atoms with Crippen LogP contribution >= 0.6 is 23.2 Å². The largest absolute Gasteiger partial charge is 0.478 e. The molecular weight excluding hydrogens is 510 g/mol. The van der Waals surface area contributed by atoms with Gasteiger partial charge in [-0.15, -0.1) is 0 Å². The molecule has 3 aromatic carbocycles. The molecule has 0 radical (unpaired) electrons. The molecule has 1 aromatic heterocycles. The molecule has 0 saturated heterocycles. The number of carboxylic acids is 1. The summed E-state index contributed by atoms with van der Waals surface area (Å²) < 4.78 is 30.8. The molecule has 0 saturated carbocycles. The molecule has 4 aromatic rings. The highest BCUT2D eigenvalue weighted by molar-refractivity contribution is 7.86. The van der Waals surface area contributed by atoms with Gasteiger partial charge in [0.15, 0.2) is 0 Å². The van der Waals surface area contributed by atoms with Crippen molar-refractivity contribution in [3.63, 3.8) is 0 Å². The highest BCUT2D eigenvalue weighted by Gasteiger charge is 2.22. The number of anilines is 1. The Morgan fingerprint density at radius 2 is 1.83 bits per heavy atom. The van der Waals surface area contributed by atoms with E-state index in [4.69, 9.17) is 23.2 Å². The highest BCUT2D eigenvalue weighted by Crippen LogP contribution is 2.43. The molecule has 0 aliphatic rings. The van der Waals surface area contributed by atoms with E-state index in [-0.39, 0.29) is 26.0 Å². The van der Waals surface area contributed by atoms with Gasteiger partial charge in [-0.05, 0) is 52.9 Å². The van der Waals surface area contributed by atoms with Crippen LogP contribution in [-0.2, 0) is 16.4 Å². The summed E-state index contributed by atoms with van der Waals surface area (Å²) in [6.45, 7) is 5.70. The van der Waals surface area contributed by atoms with Gasteiger partial charge in [-0.3, -0.25) is 4.98 Å². The van der Waals surface area contributed by atoms with Crippen LogP contribution in [0.4, 0.5) is 10.1 Å². The number of fused-ring (bicyclic) bond motifs is 1. The van der Waals surface area contributed by atoms with E-state index in [2.05, 4.69) is 9.71 Å². The second-order valence-corrected chi connectivity index (χ2v) is 10.9. The molecule has 0 fully saturated rings. The first kappa shape index (κ1) is 25.1. The zero-order chi connectivity index (χ0) is 25.5. The lowest BCUT2D eigenvalue weighted by atomic mass is 9.87. The minimum atomic E-state index is -1.83. The van der Waals surface area contributed by atoms with Crippen molar-refractivity contribution in [2.45, 2.75) is 31.1 Å². The molecule has 9 heteroatoms. The van der Waals surface area contributed by atoms with Crippen LogP contribution < -0.4 is 4.72 Å². The molecule has 2 N–H and O–H groups in total. The fourth-order valence-corrected chi connectivity index (χ4v) is 5.15. The summed E-state index contributed by atoms with van der Waals surface area (Å²) >= 11 is 12.9. The predicted molar refractivity (Wildman–Crippen MR) is 139 cm³/mol. The van der Waals surface area contributed by atoms with Crippen LogP contribution in [0.15, 0.2) is 65.7 Å². The van der Waals surface area contributed by atoms with Crippen molar-refractivity contribution in [2.75, 3.05) is 4.72 Å². The van der Waals surface area contributed by atoms with Crippen molar-refractivity contribution in [3.05, 3.63) is 87.8 Å². The SMILES string of the molecule is CC(C)(C)c1ccc(S(=O)Nc2ccc(Cl)c(Cl)c2-c2ccc(C(=O)O)c3ncccc23)cc1F. The monoisotopic (exact) mass is 530 g/mol.